The maximum atomic E-state index is 12.4. The molecular weight excluding hydrogens is 326 g/mol. The molecule has 7 heteroatoms. The van der Waals surface area contributed by atoms with Gasteiger partial charge in [0.25, 0.3) is 0 Å². The van der Waals surface area contributed by atoms with Crippen molar-refractivity contribution in [3.8, 4) is 6.07 Å². The van der Waals surface area contributed by atoms with Gasteiger partial charge in [-0.15, -0.1) is 0 Å². The van der Waals surface area contributed by atoms with Crippen LogP contribution < -0.4 is 4.90 Å². The maximum absolute atomic E-state index is 12.4. The van der Waals surface area contributed by atoms with Crippen molar-refractivity contribution in [2.45, 2.75) is 6.42 Å². The summed E-state index contributed by atoms with van der Waals surface area (Å²) < 4.78 is 0. The number of aromatic nitrogens is 2. The molecule has 0 radical (unpaired) electrons. The Morgan fingerprint density at radius 1 is 1.21 bits per heavy atom. The van der Waals surface area contributed by atoms with Crippen molar-refractivity contribution in [1.29, 1.82) is 5.26 Å². The molecule has 1 fully saturated rings. The van der Waals surface area contributed by atoms with Crippen LogP contribution in [-0.4, -0.2) is 47.0 Å². The Labute approximate surface area is 145 Å². The lowest BCUT2D eigenvalue weighted by molar-refractivity contribution is -0.130. The monoisotopic (exact) mass is 341 g/mol. The molecule has 3 rings (SSSR count). The lowest BCUT2D eigenvalue weighted by Gasteiger charge is -2.35. The fourth-order valence-electron chi connectivity index (χ4n) is 2.70. The summed E-state index contributed by atoms with van der Waals surface area (Å²) >= 11 is 5.76. The molecule has 1 saturated heterocycles. The van der Waals surface area contributed by atoms with Crippen LogP contribution in [0.15, 0.2) is 36.7 Å². The fourth-order valence-corrected chi connectivity index (χ4v) is 2.81. The van der Waals surface area contributed by atoms with E-state index in [4.69, 9.17) is 11.6 Å². The third-order valence-corrected chi connectivity index (χ3v) is 4.21. The lowest BCUT2D eigenvalue weighted by Crippen LogP contribution is -2.49. The number of piperazine rings is 1. The van der Waals surface area contributed by atoms with Gasteiger partial charge >= 0.3 is 0 Å². The molecular formula is C17H16ClN5O. The van der Waals surface area contributed by atoms with E-state index in [2.05, 4.69) is 16.0 Å². The first-order valence-corrected chi connectivity index (χ1v) is 8.03. The summed E-state index contributed by atoms with van der Waals surface area (Å²) in [6.45, 7) is 2.55. The average Bonchev–Trinajstić information content (AvgIpc) is 2.63. The minimum Gasteiger partial charge on any atom is -0.352 e. The molecule has 0 atom stereocenters. The quantitative estimate of drug-likeness (QED) is 0.797. The van der Waals surface area contributed by atoms with Crippen LogP contribution in [0.5, 0.6) is 0 Å². The molecule has 3 heterocycles. The second-order valence-electron chi connectivity index (χ2n) is 5.52. The van der Waals surface area contributed by atoms with Gasteiger partial charge in [0.15, 0.2) is 0 Å². The third-order valence-electron chi connectivity index (χ3n) is 3.98. The summed E-state index contributed by atoms with van der Waals surface area (Å²) in [4.78, 5) is 24.6. The van der Waals surface area contributed by atoms with E-state index in [-0.39, 0.29) is 5.91 Å². The van der Waals surface area contributed by atoms with Crippen LogP contribution in [0.25, 0.3) is 0 Å². The number of hydrogen-bond acceptors (Lipinski definition) is 5. The first kappa shape index (κ1) is 16.2. The molecule has 0 N–H and O–H groups in total. The summed E-state index contributed by atoms with van der Waals surface area (Å²) in [5, 5.41) is 9.60. The topological polar surface area (TPSA) is 73.1 Å². The Morgan fingerprint density at radius 3 is 2.67 bits per heavy atom. The van der Waals surface area contributed by atoms with Crippen molar-refractivity contribution in [1.82, 2.24) is 14.9 Å². The highest BCUT2D eigenvalue weighted by Crippen LogP contribution is 2.18. The number of pyridine rings is 2. The van der Waals surface area contributed by atoms with Gasteiger partial charge in [-0.2, -0.15) is 5.26 Å². The molecule has 0 saturated carbocycles. The number of carbonyl (C=O) groups excluding carboxylic acids is 1. The molecule has 0 bridgehead atoms. The zero-order valence-electron chi connectivity index (χ0n) is 13.0. The first-order valence-electron chi connectivity index (χ1n) is 7.65. The van der Waals surface area contributed by atoms with Gasteiger partial charge in [0.2, 0.25) is 5.91 Å². The summed E-state index contributed by atoms with van der Waals surface area (Å²) in [5.41, 5.74) is 1.41. The largest absolute Gasteiger partial charge is 0.352 e. The predicted molar refractivity (Wildman–Crippen MR) is 90.7 cm³/mol. The number of amides is 1. The number of rotatable bonds is 3. The van der Waals surface area contributed by atoms with Gasteiger partial charge in [0.1, 0.15) is 17.0 Å². The van der Waals surface area contributed by atoms with Crippen molar-refractivity contribution in [2.75, 3.05) is 31.1 Å². The Balaban J connectivity index is 1.59. The number of hydrogen-bond donors (Lipinski definition) is 0. The van der Waals surface area contributed by atoms with Crippen LogP contribution in [0.3, 0.4) is 0 Å². The van der Waals surface area contributed by atoms with Crippen LogP contribution in [0.2, 0.25) is 5.15 Å². The summed E-state index contributed by atoms with van der Waals surface area (Å²) in [6, 6.07) is 9.17. The van der Waals surface area contributed by atoms with E-state index in [1.54, 1.807) is 30.6 Å². The Bertz CT molecular complexity index is 763. The zero-order chi connectivity index (χ0) is 16.9. The molecule has 122 valence electrons. The van der Waals surface area contributed by atoms with Gasteiger partial charge in [0.05, 0.1) is 12.0 Å². The standard InChI is InChI=1S/C17H16ClN5O/c18-15-4-3-13(12-21-15)10-16(24)22-6-8-23(9-7-22)17-14(11-19)2-1-5-20-17/h1-5,12H,6-10H2. The number of halogens is 1. The van der Waals surface area contributed by atoms with Crippen molar-refractivity contribution in [3.05, 3.63) is 52.9 Å². The maximum Gasteiger partial charge on any atom is 0.227 e. The molecule has 2 aromatic heterocycles. The second-order valence-corrected chi connectivity index (χ2v) is 5.91. The number of anilines is 1. The summed E-state index contributed by atoms with van der Waals surface area (Å²) in [5.74, 6) is 0.759. The number of carbonyl (C=O) groups is 1. The van der Waals surface area contributed by atoms with Gasteiger partial charge in [0, 0.05) is 38.6 Å². The molecule has 1 amide bonds. The molecule has 6 nitrogen and oxygen atoms in total. The van der Waals surface area contributed by atoms with Gasteiger partial charge in [-0.1, -0.05) is 17.7 Å². The highest BCUT2D eigenvalue weighted by Gasteiger charge is 2.23. The van der Waals surface area contributed by atoms with E-state index in [9.17, 15) is 10.1 Å². The van der Waals surface area contributed by atoms with Crippen molar-refractivity contribution in [2.24, 2.45) is 0 Å². The van der Waals surface area contributed by atoms with Crippen LogP contribution >= 0.6 is 11.6 Å². The van der Waals surface area contributed by atoms with Crippen LogP contribution in [0.4, 0.5) is 5.82 Å². The molecule has 2 aromatic rings. The van der Waals surface area contributed by atoms with E-state index in [0.29, 0.717) is 49.1 Å². The Hall–Kier alpha value is -2.65. The lowest BCUT2D eigenvalue weighted by atomic mass is 10.1. The highest BCUT2D eigenvalue weighted by atomic mass is 35.5. The van der Waals surface area contributed by atoms with Gasteiger partial charge < -0.3 is 9.80 Å². The first-order chi connectivity index (χ1) is 11.7. The van der Waals surface area contributed by atoms with Crippen molar-refractivity contribution >= 4 is 23.3 Å². The summed E-state index contributed by atoms with van der Waals surface area (Å²) in [6.07, 6.45) is 3.63. The van der Waals surface area contributed by atoms with Gasteiger partial charge in [-0.05, 0) is 23.8 Å². The van der Waals surface area contributed by atoms with Crippen LogP contribution in [0.1, 0.15) is 11.1 Å². The smallest absolute Gasteiger partial charge is 0.227 e. The SMILES string of the molecule is N#Cc1cccnc1N1CCN(C(=O)Cc2ccc(Cl)nc2)CC1. The van der Waals surface area contributed by atoms with Crippen LogP contribution in [0, 0.1) is 11.3 Å². The van der Waals surface area contributed by atoms with Crippen molar-refractivity contribution < 1.29 is 4.79 Å². The van der Waals surface area contributed by atoms with E-state index in [1.807, 2.05) is 15.9 Å². The van der Waals surface area contributed by atoms with E-state index in [0.717, 1.165) is 5.56 Å². The Kier molecular flexibility index (Phi) is 4.92. The van der Waals surface area contributed by atoms with Gasteiger partial charge in [-0.3, -0.25) is 4.79 Å². The van der Waals surface area contributed by atoms with Gasteiger partial charge in [-0.25, -0.2) is 9.97 Å². The predicted octanol–water partition coefficient (Wildman–Crippen LogP) is 1.89. The van der Waals surface area contributed by atoms with E-state index in [1.165, 1.54) is 0 Å². The molecule has 0 spiro atoms. The van der Waals surface area contributed by atoms with Crippen molar-refractivity contribution in [3.63, 3.8) is 0 Å². The minimum absolute atomic E-state index is 0.0697. The normalized spacial score (nSPS) is 14.3. The molecule has 24 heavy (non-hydrogen) atoms. The molecule has 0 unspecified atom stereocenters. The highest BCUT2D eigenvalue weighted by molar-refractivity contribution is 6.29. The second kappa shape index (κ2) is 7.28. The fraction of sp³-hybridized carbons (Fsp3) is 0.294. The third kappa shape index (κ3) is 3.63. The summed E-state index contributed by atoms with van der Waals surface area (Å²) in [7, 11) is 0. The van der Waals surface area contributed by atoms with E-state index >= 15 is 0 Å². The molecule has 0 aliphatic carbocycles. The number of nitrogens with zero attached hydrogens (tertiary/aromatic N) is 5. The number of nitriles is 1. The molecule has 1 aliphatic rings. The van der Waals surface area contributed by atoms with Crippen LogP contribution in [-0.2, 0) is 11.2 Å². The molecule has 1 aliphatic heterocycles. The van der Waals surface area contributed by atoms with E-state index < -0.39 is 0 Å². The average molecular weight is 342 g/mol. The zero-order valence-corrected chi connectivity index (χ0v) is 13.8. The minimum atomic E-state index is 0.0697. The Morgan fingerprint density at radius 2 is 2.00 bits per heavy atom. The molecule has 0 aromatic carbocycles.